The van der Waals surface area contributed by atoms with Gasteiger partial charge in [0.1, 0.15) is 30.2 Å². The normalized spacial score (nSPS) is 14.4. The van der Waals surface area contributed by atoms with Crippen LogP contribution in [0.1, 0.15) is 52.7 Å². The number of ether oxygens (including phenoxy) is 4. The molecule has 0 atom stereocenters. The number of amides is 2. The molecule has 1 aliphatic rings. The topological polar surface area (TPSA) is 91.4 Å². The van der Waals surface area contributed by atoms with Crippen molar-refractivity contribution < 1.29 is 33.3 Å². The Morgan fingerprint density at radius 2 is 1.51 bits per heavy atom. The monoisotopic (exact) mass is 549 g/mol. The number of carbonyl (C=O) groups is 3. The summed E-state index contributed by atoms with van der Waals surface area (Å²) in [5.74, 6) is -0.186. The quantitative estimate of drug-likeness (QED) is 0.222. The van der Waals surface area contributed by atoms with Crippen molar-refractivity contribution in [1.29, 1.82) is 0 Å². The fraction of sp³-hybridized carbons (Fsp3) is 0.370. The average molecular weight is 550 g/mol. The first-order valence-corrected chi connectivity index (χ1v) is 12.3. The van der Waals surface area contributed by atoms with E-state index in [4.69, 9.17) is 42.1 Å². The molecule has 0 aliphatic carbocycles. The van der Waals surface area contributed by atoms with Gasteiger partial charge >= 0.3 is 12.2 Å². The van der Waals surface area contributed by atoms with Gasteiger partial charge in [-0.1, -0.05) is 29.3 Å². The second-order valence-electron chi connectivity index (χ2n) is 10.2. The van der Waals surface area contributed by atoms with Crippen LogP contribution in [0.3, 0.4) is 0 Å². The van der Waals surface area contributed by atoms with E-state index in [2.05, 4.69) is 0 Å². The SMILES string of the molecule is CC(C)(C)OC(=O)OCCOc1ccc(Cl)cc1/C=C1\C(=O)N(C(=O)OC(C)(C)C)c2cc(Cl)ccc21. The predicted octanol–water partition coefficient (Wildman–Crippen LogP) is 7.15. The van der Waals surface area contributed by atoms with Crippen molar-refractivity contribution in [3.8, 4) is 5.75 Å². The molecule has 2 amide bonds. The van der Waals surface area contributed by atoms with Gasteiger partial charge in [-0.3, -0.25) is 4.79 Å². The molecule has 8 nitrogen and oxygen atoms in total. The van der Waals surface area contributed by atoms with E-state index in [1.807, 2.05) is 0 Å². The molecule has 0 radical (unpaired) electrons. The van der Waals surface area contributed by atoms with E-state index in [-0.39, 0.29) is 18.8 Å². The Morgan fingerprint density at radius 3 is 2.16 bits per heavy atom. The summed E-state index contributed by atoms with van der Waals surface area (Å²) >= 11 is 12.4. The highest BCUT2D eigenvalue weighted by Crippen LogP contribution is 2.41. The van der Waals surface area contributed by atoms with Crippen LogP contribution in [0, 0.1) is 0 Å². The Balaban J connectivity index is 1.87. The number of hydrogen-bond donors (Lipinski definition) is 0. The molecule has 1 aliphatic heterocycles. The van der Waals surface area contributed by atoms with E-state index in [9.17, 15) is 14.4 Å². The third kappa shape index (κ3) is 7.63. The summed E-state index contributed by atoms with van der Waals surface area (Å²) in [5.41, 5.74) is 0.0507. The molecular weight excluding hydrogens is 521 g/mol. The van der Waals surface area contributed by atoms with Gasteiger partial charge in [0.15, 0.2) is 0 Å². The number of rotatable bonds is 5. The fourth-order valence-corrected chi connectivity index (χ4v) is 3.71. The summed E-state index contributed by atoms with van der Waals surface area (Å²) in [6.07, 6.45) is -0.0371. The van der Waals surface area contributed by atoms with Crippen molar-refractivity contribution >= 4 is 58.7 Å². The highest BCUT2D eigenvalue weighted by molar-refractivity contribution is 6.42. The minimum Gasteiger partial charge on any atom is -0.489 e. The second kappa shape index (κ2) is 11.0. The highest BCUT2D eigenvalue weighted by atomic mass is 35.5. The molecule has 0 saturated carbocycles. The van der Waals surface area contributed by atoms with Crippen molar-refractivity contribution in [2.24, 2.45) is 0 Å². The maximum absolute atomic E-state index is 13.4. The molecule has 0 bridgehead atoms. The van der Waals surface area contributed by atoms with Crippen molar-refractivity contribution in [1.82, 2.24) is 0 Å². The van der Waals surface area contributed by atoms with Crippen LogP contribution in [-0.2, 0) is 19.0 Å². The first kappa shape index (κ1) is 28.3. The third-order valence-electron chi connectivity index (χ3n) is 4.72. The summed E-state index contributed by atoms with van der Waals surface area (Å²) in [5, 5.41) is 0.771. The number of hydrogen-bond acceptors (Lipinski definition) is 7. The van der Waals surface area contributed by atoms with Gasteiger partial charge in [-0.15, -0.1) is 0 Å². The number of carbonyl (C=O) groups excluding carboxylic acids is 3. The zero-order chi connectivity index (χ0) is 27.5. The van der Waals surface area contributed by atoms with Crippen LogP contribution in [0.25, 0.3) is 11.6 Å². The summed E-state index contributed by atoms with van der Waals surface area (Å²) in [4.78, 5) is 39.0. The first-order chi connectivity index (χ1) is 17.1. The van der Waals surface area contributed by atoms with Crippen LogP contribution in [0.15, 0.2) is 36.4 Å². The largest absolute Gasteiger partial charge is 0.508 e. The van der Waals surface area contributed by atoms with Crippen molar-refractivity contribution in [2.75, 3.05) is 18.1 Å². The zero-order valence-corrected chi connectivity index (χ0v) is 23.0. The smallest absolute Gasteiger partial charge is 0.489 e. The van der Waals surface area contributed by atoms with Crippen LogP contribution < -0.4 is 9.64 Å². The average Bonchev–Trinajstić information content (AvgIpc) is 3.00. The van der Waals surface area contributed by atoms with Crippen molar-refractivity contribution in [3.05, 3.63) is 57.6 Å². The number of benzene rings is 2. The summed E-state index contributed by atoms with van der Waals surface area (Å²) in [6.45, 7) is 10.3. The molecule has 0 fully saturated rings. The van der Waals surface area contributed by atoms with Crippen molar-refractivity contribution in [3.63, 3.8) is 0 Å². The fourth-order valence-electron chi connectivity index (χ4n) is 3.37. The molecule has 0 spiro atoms. The van der Waals surface area contributed by atoms with E-state index in [0.29, 0.717) is 32.6 Å². The number of anilines is 1. The van der Waals surface area contributed by atoms with E-state index in [0.717, 1.165) is 4.90 Å². The Morgan fingerprint density at radius 1 is 0.892 bits per heavy atom. The minimum absolute atomic E-state index is 0.0290. The summed E-state index contributed by atoms with van der Waals surface area (Å²) < 4.78 is 21.4. The maximum Gasteiger partial charge on any atom is 0.508 e. The molecule has 0 aromatic heterocycles. The van der Waals surface area contributed by atoms with E-state index in [1.165, 1.54) is 6.07 Å². The standard InChI is InChI=1S/C27H29Cl2NO7/c1-26(2,3)36-24(32)30-21-15-18(29)7-9-19(21)20(23(30)31)14-16-13-17(28)8-10-22(16)34-11-12-35-25(33)37-27(4,5)6/h7-10,13-15H,11-12H2,1-6H3/b20-14-. The lowest BCUT2D eigenvalue weighted by Gasteiger charge is -2.23. The van der Waals surface area contributed by atoms with Gasteiger partial charge in [-0.05, 0) is 78.0 Å². The predicted molar refractivity (Wildman–Crippen MR) is 142 cm³/mol. The van der Waals surface area contributed by atoms with Crippen molar-refractivity contribution in [2.45, 2.75) is 52.7 Å². The van der Waals surface area contributed by atoms with Gasteiger partial charge in [-0.25, -0.2) is 14.5 Å². The van der Waals surface area contributed by atoms with Crippen LogP contribution in [0.2, 0.25) is 10.0 Å². The molecule has 10 heteroatoms. The Labute approximate surface area is 226 Å². The van der Waals surface area contributed by atoms with Crippen LogP contribution in [0.4, 0.5) is 15.3 Å². The van der Waals surface area contributed by atoms with Crippen LogP contribution >= 0.6 is 23.2 Å². The molecule has 0 unspecified atom stereocenters. The molecule has 37 heavy (non-hydrogen) atoms. The van der Waals surface area contributed by atoms with Gasteiger partial charge in [0.05, 0.1) is 11.3 Å². The van der Waals surface area contributed by atoms with E-state index in [1.54, 1.807) is 78.0 Å². The number of imide groups is 1. The maximum atomic E-state index is 13.4. The molecule has 0 N–H and O–H groups in total. The van der Waals surface area contributed by atoms with Gasteiger partial charge in [0, 0.05) is 21.2 Å². The molecule has 1 heterocycles. The number of halogens is 2. The molecule has 3 rings (SSSR count). The van der Waals surface area contributed by atoms with E-state index >= 15 is 0 Å². The number of nitrogens with zero attached hydrogens (tertiary/aromatic N) is 1. The Kier molecular flexibility index (Phi) is 8.45. The number of fused-ring (bicyclic) bond motifs is 1. The molecule has 2 aromatic rings. The first-order valence-electron chi connectivity index (χ1n) is 11.5. The molecule has 198 valence electrons. The summed E-state index contributed by atoms with van der Waals surface area (Å²) in [6, 6.07) is 9.70. The highest BCUT2D eigenvalue weighted by Gasteiger charge is 2.39. The lowest BCUT2D eigenvalue weighted by atomic mass is 10.0. The van der Waals surface area contributed by atoms with E-state index < -0.39 is 29.4 Å². The molecule has 2 aromatic carbocycles. The Bertz CT molecular complexity index is 1240. The van der Waals surface area contributed by atoms with Gasteiger partial charge in [0.25, 0.3) is 5.91 Å². The third-order valence-corrected chi connectivity index (χ3v) is 5.19. The molecular formula is C27H29Cl2NO7. The minimum atomic E-state index is -0.814. The lowest BCUT2D eigenvalue weighted by molar-refractivity contribution is -0.112. The van der Waals surface area contributed by atoms with Gasteiger partial charge in [0.2, 0.25) is 0 Å². The second-order valence-corrected chi connectivity index (χ2v) is 11.1. The zero-order valence-electron chi connectivity index (χ0n) is 21.5. The van der Waals surface area contributed by atoms with Gasteiger partial charge < -0.3 is 18.9 Å². The molecule has 0 saturated heterocycles. The van der Waals surface area contributed by atoms with Crippen LogP contribution in [0.5, 0.6) is 5.75 Å². The Hall–Kier alpha value is -3.23. The summed E-state index contributed by atoms with van der Waals surface area (Å²) in [7, 11) is 0. The lowest BCUT2D eigenvalue weighted by Crippen LogP contribution is -2.38. The van der Waals surface area contributed by atoms with Gasteiger partial charge in [-0.2, -0.15) is 0 Å². The van der Waals surface area contributed by atoms with Crippen LogP contribution in [-0.4, -0.2) is 42.6 Å².